The molecular formula is C24H27N3O2. The summed E-state index contributed by atoms with van der Waals surface area (Å²) in [5.74, 6) is 1.78. The quantitative estimate of drug-likeness (QED) is 0.584. The van der Waals surface area contributed by atoms with Gasteiger partial charge in [-0.25, -0.2) is 0 Å². The summed E-state index contributed by atoms with van der Waals surface area (Å²) >= 11 is 0. The van der Waals surface area contributed by atoms with Crippen LogP contribution in [0.5, 0.6) is 0 Å². The highest BCUT2D eigenvalue weighted by molar-refractivity contribution is 5.94. The van der Waals surface area contributed by atoms with E-state index in [4.69, 9.17) is 4.42 Å². The normalized spacial score (nSPS) is 13.6. The van der Waals surface area contributed by atoms with E-state index < -0.39 is 0 Å². The zero-order chi connectivity index (χ0) is 20.2. The van der Waals surface area contributed by atoms with Crippen LogP contribution in [-0.2, 0) is 17.6 Å². The van der Waals surface area contributed by atoms with Gasteiger partial charge in [-0.3, -0.25) is 4.79 Å². The molecule has 0 radical (unpaired) electrons. The van der Waals surface area contributed by atoms with E-state index >= 15 is 0 Å². The summed E-state index contributed by atoms with van der Waals surface area (Å²) in [6, 6.07) is 16.3. The van der Waals surface area contributed by atoms with E-state index in [0.717, 1.165) is 30.6 Å². The van der Waals surface area contributed by atoms with E-state index in [1.807, 2.05) is 35.2 Å². The first-order valence-corrected chi connectivity index (χ1v) is 10.4. The highest BCUT2D eigenvalue weighted by atomic mass is 16.4. The van der Waals surface area contributed by atoms with Crippen molar-refractivity contribution in [3.63, 3.8) is 0 Å². The minimum Gasteiger partial charge on any atom is -0.421 e. The summed E-state index contributed by atoms with van der Waals surface area (Å²) in [7, 11) is 0. The van der Waals surface area contributed by atoms with Crippen LogP contribution in [0.4, 0.5) is 5.69 Å². The zero-order valence-corrected chi connectivity index (χ0v) is 17.1. The van der Waals surface area contributed by atoms with Gasteiger partial charge in [0.05, 0.1) is 0 Å². The Morgan fingerprint density at radius 1 is 1.14 bits per heavy atom. The van der Waals surface area contributed by atoms with Gasteiger partial charge in [0.15, 0.2) is 0 Å². The van der Waals surface area contributed by atoms with Gasteiger partial charge in [0.2, 0.25) is 17.7 Å². The Morgan fingerprint density at radius 3 is 2.76 bits per heavy atom. The summed E-state index contributed by atoms with van der Waals surface area (Å²) in [4.78, 5) is 14.8. The molecule has 3 aromatic rings. The monoisotopic (exact) mass is 389 g/mol. The van der Waals surface area contributed by atoms with Crippen LogP contribution in [-0.4, -0.2) is 22.6 Å². The van der Waals surface area contributed by atoms with Crippen molar-refractivity contribution >= 4 is 11.6 Å². The lowest BCUT2D eigenvalue weighted by Crippen LogP contribution is -2.35. The Balaban J connectivity index is 1.36. The van der Waals surface area contributed by atoms with Crippen molar-refractivity contribution in [3.8, 4) is 11.5 Å². The number of benzene rings is 2. The summed E-state index contributed by atoms with van der Waals surface area (Å²) in [5.41, 5.74) is 4.62. The standard InChI is InChI=1S/C24H27N3O2/c1-17(2)19-13-14-21-20(16-19)10-7-15-27(21)23(28)12-6-11-22-25-26-24(29-22)18-8-4-3-5-9-18/h3-5,8-9,13-14,16-17H,6-7,10-12,15H2,1-2H3. The molecule has 5 nitrogen and oxygen atoms in total. The van der Waals surface area contributed by atoms with E-state index in [-0.39, 0.29) is 5.91 Å². The molecule has 1 aromatic heterocycles. The second-order valence-electron chi connectivity index (χ2n) is 7.91. The fraction of sp³-hybridized carbons (Fsp3) is 0.375. The average molecular weight is 389 g/mol. The molecule has 0 unspecified atom stereocenters. The van der Waals surface area contributed by atoms with Crippen LogP contribution in [0.15, 0.2) is 52.9 Å². The molecule has 1 aliphatic rings. The highest BCUT2D eigenvalue weighted by Crippen LogP contribution is 2.31. The molecule has 0 fully saturated rings. The Morgan fingerprint density at radius 2 is 1.97 bits per heavy atom. The smallest absolute Gasteiger partial charge is 0.247 e. The largest absolute Gasteiger partial charge is 0.421 e. The van der Waals surface area contributed by atoms with Gasteiger partial charge in [0.1, 0.15) is 0 Å². The Labute approximate surface area is 171 Å². The van der Waals surface area contributed by atoms with Gasteiger partial charge >= 0.3 is 0 Å². The number of aromatic nitrogens is 2. The number of hydrogen-bond donors (Lipinski definition) is 0. The van der Waals surface area contributed by atoms with Crippen LogP contribution in [0.2, 0.25) is 0 Å². The predicted molar refractivity (Wildman–Crippen MR) is 114 cm³/mol. The predicted octanol–water partition coefficient (Wildman–Crippen LogP) is 5.16. The van der Waals surface area contributed by atoms with Crippen molar-refractivity contribution in [3.05, 3.63) is 65.5 Å². The topological polar surface area (TPSA) is 59.2 Å². The van der Waals surface area contributed by atoms with Gasteiger partial charge < -0.3 is 9.32 Å². The summed E-state index contributed by atoms with van der Waals surface area (Å²) in [6.07, 6.45) is 3.85. The van der Waals surface area contributed by atoms with Crippen LogP contribution in [0.25, 0.3) is 11.5 Å². The number of aryl methyl sites for hydroxylation is 2. The molecule has 150 valence electrons. The average Bonchev–Trinajstić information content (AvgIpc) is 3.22. The van der Waals surface area contributed by atoms with E-state index in [0.29, 0.717) is 37.0 Å². The maximum Gasteiger partial charge on any atom is 0.247 e. The molecule has 0 saturated carbocycles. The Kier molecular flexibility index (Phi) is 5.74. The molecule has 2 heterocycles. The van der Waals surface area contributed by atoms with E-state index in [1.54, 1.807) is 0 Å². The summed E-state index contributed by atoms with van der Waals surface area (Å²) < 4.78 is 5.74. The first kappa shape index (κ1) is 19.4. The minimum absolute atomic E-state index is 0.172. The molecule has 0 atom stereocenters. The number of rotatable bonds is 6. The third-order valence-electron chi connectivity index (χ3n) is 5.46. The molecule has 2 aromatic carbocycles. The number of amides is 1. The third kappa shape index (κ3) is 4.39. The van der Waals surface area contributed by atoms with Crippen LogP contribution in [0.3, 0.4) is 0 Å². The molecule has 5 heteroatoms. The molecule has 1 amide bonds. The molecule has 1 aliphatic heterocycles. The maximum atomic E-state index is 12.9. The second-order valence-corrected chi connectivity index (χ2v) is 7.91. The van der Waals surface area contributed by atoms with E-state index in [1.165, 1.54) is 11.1 Å². The first-order valence-electron chi connectivity index (χ1n) is 10.4. The second kappa shape index (κ2) is 8.60. The minimum atomic E-state index is 0.172. The lowest BCUT2D eigenvalue weighted by Gasteiger charge is -2.30. The van der Waals surface area contributed by atoms with Crippen LogP contribution >= 0.6 is 0 Å². The van der Waals surface area contributed by atoms with Gasteiger partial charge in [0, 0.05) is 30.6 Å². The zero-order valence-electron chi connectivity index (χ0n) is 17.1. The molecule has 0 bridgehead atoms. The van der Waals surface area contributed by atoms with Gasteiger partial charge in [0.25, 0.3) is 0 Å². The van der Waals surface area contributed by atoms with Gasteiger partial charge in [-0.2, -0.15) is 0 Å². The Bertz CT molecular complexity index is 979. The van der Waals surface area contributed by atoms with Crippen molar-refractivity contribution in [2.24, 2.45) is 0 Å². The van der Waals surface area contributed by atoms with Crippen molar-refractivity contribution < 1.29 is 9.21 Å². The van der Waals surface area contributed by atoms with Crippen molar-refractivity contribution in [1.82, 2.24) is 10.2 Å². The molecule has 4 rings (SSSR count). The van der Waals surface area contributed by atoms with Crippen LogP contribution in [0, 0.1) is 0 Å². The van der Waals surface area contributed by atoms with Gasteiger partial charge in [-0.05, 0) is 54.5 Å². The van der Waals surface area contributed by atoms with Crippen molar-refractivity contribution in [2.75, 3.05) is 11.4 Å². The van der Waals surface area contributed by atoms with Crippen molar-refractivity contribution in [2.45, 2.75) is 51.9 Å². The van der Waals surface area contributed by atoms with E-state index in [9.17, 15) is 4.79 Å². The number of nitrogens with zero attached hydrogens (tertiary/aromatic N) is 3. The molecule has 0 saturated heterocycles. The van der Waals surface area contributed by atoms with Crippen LogP contribution < -0.4 is 4.90 Å². The lowest BCUT2D eigenvalue weighted by molar-refractivity contribution is -0.118. The summed E-state index contributed by atoms with van der Waals surface area (Å²) in [5, 5.41) is 8.24. The SMILES string of the molecule is CC(C)c1ccc2c(c1)CCCN2C(=O)CCCc1nnc(-c2ccccc2)o1. The molecule has 0 N–H and O–H groups in total. The Hall–Kier alpha value is -2.95. The lowest BCUT2D eigenvalue weighted by atomic mass is 9.94. The van der Waals surface area contributed by atoms with Gasteiger partial charge in [-0.15, -0.1) is 10.2 Å². The fourth-order valence-corrected chi connectivity index (χ4v) is 3.81. The molecule has 0 spiro atoms. The summed E-state index contributed by atoms with van der Waals surface area (Å²) in [6.45, 7) is 5.20. The first-order chi connectivity index (χ1) is 14.1. The van der Waals surface area contributed by atoms with Crippen LogP contribution in [0.1, 0.15) is 56.0 Å². The number of anilines is 1. The fourth-order valence-electron chi connectivity index (χ4n) is 3.81. The molecule has 0 aliphatic carbocycles. The number of carbonyl (C=O) groups excluding carboxylic acids is 1. The number of carbonyl (C=O) groups is 1. The molecule has 29 heavy (non-hydrogen) atoms. The highest BCUT2D eigenvalue weighted by Gasteiger charge is 2.23. The number of fused-ring (bicyclic) bond motifs is 1. The number of hydrogen-bond acceptors (Lipinski definition) is 4. The maximum absolute atomic E-state index is 12.9. The van der Waals surface area contributed by atoms with Gasteiger partial charge in [-0.1, -0.05) is 44.2 Å². The molecular weight excluding hydrogens is 362 g/mol. The van der Waals surface area contributed by atoms with Crippen molar-refractivity contribution in [1.29, 1.82) is 0 Å². The third-order valence-corrected chi connectivity index (χ3v) is 5.46. The van der Waals surface area contributed by atoms with E-state index in [2.05, 4.69) is 42.2 Å².